The summed E-state index contributed by atoms with van der Waals surface area (Å²) < 4.78 is 42.8. The summed E-state index contributed by atoms with van der Waals surface area (Å²) in [5, 5.41) is 27.0. The first kappa shape index (κ1) is 36.8. The number of carbonyl (C=O) groups excluding carboxylic acids is 3. The molecule has 0 bridgehead atoms. The molecule has 5 heterocycles. The van der Waals surface area contributed by atoms with E-state index in [9.17, 15) is 42.7 Å². The fourth-order valence-corrected chi connectivity index (χ4v) is 9.23. The van der Waals surface area contributed by atoms with Crippen LogP contribution in [0.25, 0.3) is 11.4 Å². The molecule has 3 aliphatic carbocycles. The van der Waals surface area contributed by atoms with Gasteiger partial charge in [0.25, 0.3) is 11.5 Å². The molecule has 3 amide bonds. The normalized spacial score (nSPS) is 21.4. The molecule has 0 radical (unpaired) electrons. The van der Waals surface area contributed by atoms with Crippen molar-refractivity contribution >= 4 is 46.4 Å². The van der Waals surface area contributed by atoms with Crippen molar-refractivity contribution in [3.05, 3.63) is 80.0 Å². The monoisotopic (exact) mass is 802 g/mol. The van der Waals surface area contributed by atoms with Crippen LogP contribution in [0, 0.1) is 29.6 Å². The topological polar surface area (TPSA) is 192 Å². The second-order valence-corrected chi connectivity index (χ2v) is 15.9. The molecule has 1 aromatic carbocycles. The van der Waals surface area contributed by atoms with E-state index in [2.05, 4.69) is 26.5 Å². The molecule has 0 unspecified atom stereocenters. The SMILES string of the molecule is Cc1ncnc(C(=O)N2CCC3(CC2)c2c(n(CC(=O)Nc4ccc(C(F)(F)F)cc4Cl)c4nc(C5=CCN(C(=O)C6(C#N)CC6)CC5)nn4c2=O)[C@H]2C[C@H]23)c1O. The van der Waals surface area contributed by atoms with Crippen LogP contribution in [0.4, 0.5) is 18.9 Å². The Balaban J connectivity index is 1.07. The lowest BCUT2D eigenvalue weighted by atomic mass is 9.71. The zero-order chi connectivity index (χ0) is 40.2. The molecular formula is C38H34ClF3N10O5. The lowest BCUT2D eigenvalue weighted by Gasteiger charge is -2.41. The summed E-state index contributed by atoms with van der Waals surface area (Å²) in [5.41, 5.74) is -1.02. The molecule has 2 aliphatic heterocycles. The van der Waals surface area contributed by atoms with Gasteiger partial charge in [0.2, 0.25) is 17.6 Å². The van der Waals surface area contributed by atoms with Gasteiger partial charge in [0.15, 0.2) is 17.3 Å². The molecule has 3 aromatic heterocycles. The Morgan fingerprint density at radius 2 is 1.86 bits per heavy atom. The zero-order valence-corrected chi connectivity index (χ0v) is 31.2. The average Bonchev–Trinajstić information content (AvgIpc) is 4.11. The first-order chi connectivity index (χ1) is 27.2. The molecule has 2 saturated carbocycles. The summed E-state index contributed by atoms with van der Waals surface area (Å²) in [6.45, 7) is 2.31. The van der Waals surface area contributed by atoms with Crippen LogP contribution < -0.4 is 10.9 Å². The van der Waals surface area contributed by atoms with E-state index in [4.69, 9.17) is 16.6 Å². The van der Waals surface area contributed by atoms with Crippen LogP contribution in [0.15, 0.2) is 35.4 Å². The Bertz CT molecular complexity index is 2570. The molecule has 2 atom stereocenters. The minimum Gasteiger partial charge on any atom is -0.504 e. The van der Waals surface area contributed by atoms with Crippen LogP contribution in [-0.4, -0.2) is 87.9 Å². The third-order valence-electron chi connectivity index (χ3n) is 12.3. The highest BCUT2D eigenvalue weighted by Gasteiger charge is 2.64. The maximum absolute atomic E-state index is 14.7. The Hall–Kier alpha value is -5.83. The molecule has 4 aromatic rings. The first-order valence-electron chi connectivity index (χ1n) is 18.6. The summed E-state index contributed by atoms with van der Waals surface area (Å²) in [4.78, 5) is 70.9. The van der Waals surface area contributed by atoms with Gasteiger partial charge in [-0.15, -0.1) is 5.10 Å². The van der Waals surface area contributed by atoms with Gasteiger partial charge in [0.1, 0.15) is 18.3 Å². The van der Waals surface area contributed by atoms with Crippen LogP contribution in [0.5, 0.6) is 5.75 Å². The molecular weight excluding hydrogens is 769 g/mol. The maximum atomic E-state index is 14.7. The van der Waals surface area contributed by atoms with Crippen LogP contribution >= 0.6 is 11.6 Å². The molecule has 5 aliphatic rings. The fourth-order valence-electron chi connectivity index (χ4n) is 9.00. The molecule has 19 heteroatoms. The molecule has 9 rings (SSSR count). The second-order valence-electron chi connectivity index (χ2n) is 15.5. The van der Waals surface area contributed by atoms with Gasteiger partial charge >= 0.3 is 6.18 Å². The van der Waals surface area contributed by atoms with Crippen molar-refractivity contribution in [2.45, 2.75) is 69.5 Å². The van der Waals surface area contributed by atoms with Crippen molar-refractivity contribution in [1.29, 1.82) is 5.26 Å². The van der Waals surface area contributed by atoms with Crippen LogP contribution in [0.2, 0.25) is 5.02 Å². The molecule has 57 heavy (non-hydrogen) atoms. The summed E-state index contributed by atoms with van der Waals surface area (Å²) in [6, 6.07) is 4.78. The number of likely N-dealkylation sites (tertiary alicyclic amines) is 1. The Morgan fingerprint density at radius 3 is 2.51 bits per heavy atom. The number of amides is 3. The van der Waals surface area contributed by atoms with Crippen molar-refractivity contribution in [2.75, 3.05) is 31.5 Å². The molecule has 15 nitrogen and oxygen atoms in total. The number of fused-ring (bicyclic) bond motifs is 6. The van der Waals surface area contributed by atoms with Crippen LogP contribution in [0.1, 0.15) is 83.3 Å². The number of carbonyl (C=O) groups is 3. The fraction of sp³-hybridized carbons (Fsp3) is 0.447. The van der Waals surface area contributed by atoms with Gasteiger partial charge < -0.3 is 24.8 Å². The number of hydrogen-bond donors (Lipinski definition) is 2. The van der Waals surface area contributed by atoms with E-state index in [1.54, 1.807) is 27.4 Å². The van der Waals surface area contributed by atoms with E-state index in [0.29, 0.717) is 55.5 Å². The third-order valence-corrected chi connectivity index (χ3v) is 12.6. The standard InChI is InChI=1S/C38H34ClF3N10O5/c1-19-30(54)28(45-18-44-19)33(56)49-12-8-37(9-13-49)23-15-22(23)29-27(37)32(55)52-35(51(29)16-26(53)46-25-3-2-21(14-24(25)39)38(40,41)42)47-31(48-52)20-4-10-50(11-5-20)34(57)36(17-43)6-7-36/h2-4,14,18,22-23,54H,5-13,15-16H2,1H3,(H,46,53)/t22-,23+/m0/s1. The predicted octanol–water partition coefficient (Wildman–Crippen LogP) is 4.22. The van der Waals surface area contributed by atoms with Crippen LogP contribution in [-0.2, 0) is 27.7 Å². The number of rotatable bonds is 6. The number of nitriles is 1. The highest BCUT2D eigenvalue weighted by atomic mass is 35.5. The number of benzene rings is 1. The zero-order valence-electron chi connectivity index (χ0n) is 30.4. The molecule has 2 N–H and O–H groups in total. The number of nitrogens with zero attached hydrogens (tertiary/aromatic N) is 9. The van der Waals surface area contributed by atoms with Gasteiger partial charge in [-0.05, 0) is 75.1 Å². The summed E-state index contributed by atoms with van der Waals surface area (Å²) in [6.07, 6.45) is 1.39. The minimum atomic E-state index is -4.63. The molecule has 1 spiro atoms. The van der Waals surface area contributed by atoms with E-state index < -0.39 is 39.9 Å². The third kappa shape index (κ3) is 5.84. The predicted molar refractivity (Wildman–Crippen MR) is 195 cm³/mol. The Kier molecular flexibility index (Phi) is 8.29. The smallest absolute Gasteiger partial charge is 0.416 e. The number of hydrogen-bond acceptors (Lipinski definition) is 10. The maximum Gasteiger partial charge on any atom is 0.416 e. The van der Waals surface area contributed by atoms with Gasteiger partial charge in [-0.1, -0.05) is 17.7 Å². The number of aryl methyl sites for hydroxylation is 1. The first-order valence-corrected chi connectivity index (χ1v) is 18.9. The van der Waals surface area contributed by atoms with Crippen molar-refractivity contribution in [3.8, 4) is 11.8 Å². The second kappa shape index (κ2) is 12.8. The average molecular weight is 803 g/mol. The number of aromatic nitrogens is 6. The summed E-state index contributed by atoms with van der Waals surface area (Å²) >= 11 is 6.18. The lowest BCUT2D eigenvalue weighted by Crippen LogP contribution is -2.48. The highest BCUT2D eigenvalue weighted by molar-refractivity contribution is 6.33. The Morgan fingerprint density at radius 1 is 1.11 bits per heavy atom. The molecule has 1 saturated heterocycles. The molecule has 294 valence electrons. The van der Waals surface area contributed by atoms with Crippen molar-refractivity contribution < 1.29 is 32.7 Å². The van der Waals surface area contributed by atoms with E-state index >= 15 is 0 Å². The number of anilines is 1. The van der Waals surface area contributed by atoms with E-state index in [0.717, 1.165) is 24.6 Å². The number of halogens is 4. The van der Waals surface area contributed by atoms with Gasteiger partial charge in [-0.3, -0.25) is 19.2 Å². The van der Waals surface area contributed by atoms with Gasteiger partial charge in [-0.25, -0.2) is 9.97 Å². The quantitative estimate of drug-likeness (QED) is 0.286. The van der Waals surface area contributed by atoms with E-state index in [-0.39, 0.29) is 83.4 Å². The lowest BCUT2D eigenvalue weighted by molar-refractivity contribution is -0.137. The molecule has 3 fully saturated rings. The largest absolute Gasteiger partial charge is 0.504 e. The van der Waals surface area contributed by atoms with E-state index in [1.807, 2.05) is 0 Å². The van der Waals surface area contributed by atoms with Gasteiger partial charge in [-0.2, -0.15) is 27.9 Å². The highest BCUT2D eigenvalue weighted by Crippen LogP contribution is 2.67. The Labute approximate surface area is 326 Å². The number of piperidine rings is 1. The summed E-state index contributed by atoms with van der Waals surface area (Å²) in [7, 11) is 0. The van der Waals surface area contributed by atoms with Gasteiger partial charge in [0.05, 0.1) is 28.0 Å². The van der Waals surface area contributed by atoms with Gasteiger partial charge in [0, 0.05) is 48.8 Å². The van der Waals surface area contributed by atoms with Crippen molar-refractivity contribution in [3.63, 3.8) is 0 Å². The van der Waals surface area contributed by atoms with E-state index in [1.165, 1.54) is 10.8 Å². The van der Waals surface area contributed by atoms with Crippen LogP contribution in [0.3, 0.4) is 0 Å². The van der Waals surface area contributed by atoms with Crippen molar-refractivity contribution in [2.24, 2.45) is 11.3 Å². The van der Waals surface area contributed by atoms with Crippen molar-refractivity contribution in [1.82, 2.24) is 38.9 Å². The number of aromatic hydroxyl groups is 1. The summed E-state index contributed by atoms with van der Waals surface area (Å²) in [5.74, 6) is -1.28. The number of nitrogens with one attached hydrogen (secondary N) is 1. The minimum absolute atomic E-state index is 0.0240. The number of alkyl halides is 3.